The fourth-order valence-electron chi connectivity index (χ4n) is 1.72. The second kappa shape index (κ2) is 6.18. The summed E-state index contributed by atoms with van der Waals surface area (Å²) >= 11 is 0. The van der Waals surface area contributed by atoms with E-state index in [1.807, 2.05) is 13.8 Å². The smallest absolute Gasteiger partial charge is 0.200 e. The molecule has 2 nitrogen and oxygen atoms in total. The summed E-state index contributed by atoms with van der Waals surface area (Å²) in [5.41, 5.74) is 4.37. The van der Waals surface area contributed by atoms with Gasteiger partial charge in [0.25, 0.3) is 0 Å². The molecule has 1 rings (SSSR count). The van der Waals surface area contributed by atoms with Crippen LogP contribution < -0.4 is 11.1 Å². The number of benzene rings is 1. The van der Waals surface area contributed by atoms with Crippen molar-refractivity contribution in [2.75, 3.05) is 11.9 Å². The first-order valence-electron chi connectivity index (χ1n) is 5.77. The van der Waals surface area contributed by atoms with Crippen LogP contribution in [0.3, 0.4) is 0 Å². The lowest BCUT2D eigenvalue weighted by Crippen LogP contribution is -2.31. The Morgan fingerprint density at radius 3 is 1.68 bits per heavy atom. The Labute approximate surface area is 107 Å². The number of halogens is 5. The van der Waals surface area contributed by atoms with E-state index in [2.05, 4.69) is 5.32 Å². The number of hydrogen-bond donors (Lipinski definition) is 2. The van der Waals surface area contributed by atoms with Crippen molar-refractivity contribution in [1.29, 1.82) is 0 Å². The normalized spacial score (nSPS) is 12.9. The monoisotopic (exact) mass is 282 g/mol. The number of nitrogens with two attached hydrogens (primary N) is 1. The van der Waals surface area contributed by atoms with Gasteiger partial charge in [0, 0.05) is 12.6 Å². The molecule has 7 heteroatoms. The van der Waals surface area contributed by atoms with E-state index in [1.54, 1.807) is 0 Å². The molecule has 0 bridgehead atoms. The molecule has 0 spiro atoms. The van der Waals surface area contributed by atoms with Crippen molar-refractivity contribution in [3.63, 3.8) is 0 Å². The van der Waals surface area contributed by atoms with Crippen LogP contribution in [0.2, 0.25) is 0 Å². The maximum absolute atomic E-state index is 13.4. The van der Waals surface area contributed by atoms with Gasteiger partial charge in [0.1, 0.15) is 5.69 Å². The van der Waals surface area contributed by atoms with Gasteiger partial charge in [-0.15, -0.1) is 0 Å². The van der Waals surface area contributed by atoms with Crippen LogP contribution in [0.5, 0.6) is 0 Å². The van der Waals surface area contributed by atoms with Gasteiger partial charge >= 0.3 is 0 Å². The van der Waals surface area contributed by atoms with Crippen molar-refractivity contribution in [3.8, 4) is 0 Å². The van der Waals surface area contributed by atoms with Gasteiger partial charge in [0.05, 0.1) is 0 Å². The van der Waals surface area contributed by atoms with E-state index in [-0.39, 0.29) is 12.5 Å². The van der Waals surface area contributed by atoms with E-state index in [4.69, 9.17) is 5.73 Å². The number of rotatable bonds is 5. The lowest BCUT2D eigenvalue weighted by molar-refractivity contribution is 0.379. The topological polar surface area (TPSA) is 38.0 Å². The molecule has 1 aromatic rings. The Kier molecular flexibility index (Phi) is 5.11. The first kappa shape index (κ1) is 15.7. The van der Waals surface area contributed by atoms with Crippen molar-refractivity contribution < 1.29 is 22.0 Å². The minimum Gasteiger partial charge on any atom is -0.376 e. The zero-order chi connectivity index (χ0) is 14.7. The fourth-order valence-corrected chi connectivity index (χ4v) is 1.72. The van der Waals surface area contributed by atoms with Gasteiger partial charge in [0.2, 0.25) is 5.82 Å². The standard InChI is InChI=1S/C12H15F5N2/c1-5(2)3-6(4-18)19-12-10(16)8(14)7(13)9(15)11(12)17/h5-6,19H,3-4,18H2,1-2H3. The minimum absolute atomic E-state index is 0.0116. The highest BCUT2D eigenvalue weighted by Gasteiger charge is 2.27. The Hall–Kier alpha value is -1.37. The molecule has 0 fully saturated rings. The van der Waals surface area contributed by atoms with Gasteiger partial charge in [-0.2, -0.15) is 0 Å². The zero-order valence-electron chi connectivity index (χ0n) is 10.5. The van der Waals surface area contributed by atoms with Gasteiger partial charge < -0.3 is 11.1 Å². The first-order valence-corrected chi connectivity index (χ1v) is 5.77. The highest BCUT2D eigenvalue weighted by molar-refractivity contribution is 5.48. The average molecular weight is 282 g/mol. The summed E-state index contributed by atoms with van der Waals surface area (Å²) in [5, 5.41) is 2.28. The molecule has 3 N–H and O–H groups in total. The van der Waals surface area contributed by atoms with E-state index in [1.165, 1.54) is 0 Å². The highest BCUT2D eigenvalue weighted by Crippen LogP contribution is 2.28. The largest absolute Gasteiger partial charge is 0.376 e. The summed E-state index contributed by atoms with van der Waals surface area (Å²) in [6.45, 7) is 3.71. The van der Waals surface area contributed by atoms with Crippen LogP contribution in [0.25, 0.3) is 0 Å². The molecule has 0 aliphatic carbocycles. The molecule has 0 aliphatic heterocycles. The molecule has 0 radical (unpaired) electrons. The molecule has 0 heterocycles. The predicted molar refractivity (Wildman–Crippen MR) is 62.2 cm³/mol. The minimum atomic E-state index is -2.17. The van der Waals surface area contributed by atoms with E-state index in [0.717, 1.165) is 0 Å². The Bertz CT molecular complexity index is 433. The van der Waals surface area contributed by atoms with Crippen LogP contribution in [-0.4, -0.2) is 12.6 Å². The molecule has 1 unspecified atom stereocenters. The van der Waals surface area contributed by atoms with E-state index >= 15 is 0 Å². The van der Waals surface area contributed by atoms with Crippen molar-refractivity contribution in [2.24, 2.45) is 11.7 Å². The number of anilines is 1. The molecule has 108 valence electrons. The zero-order valence-corrected chi connectivity index (χ0v) is 10.5. The lowest BCUT2D eigenvalue weighted by Gasteiger charge is -2.21. The Balaban J connectivity index is 3.13. The van der Waals surface area contributed by atoms with E-state index in [9.17, 15) is 22.0 Å². The molecular weight excluding hydrogens is 267 g/mol. The van der Waals surface area contributed by atoms with Gasteiger partial charge in [-0.05, 0) is 12.3 Å². The maximum Gasteiger partial charge on any atom is 0.200 e. The molecular formula is C12H15F5N2. The summed E-state index contributed by atoms with van der Waals surface area (Å²) in [6.07, 6.45) is 0.440. The van der Waals surface area contributed by atoms with Crippen molar-refractivity contribution in [2.45, 2.75) is 26.3 Å². The number of nitrogens with one attached hydrogen (secondary N) is 1. The second-order valence-electron chi connectivity index (χ2n) is 4.65. The lowest BCUT2D eigenvalue weighted by atomic mass is 10.0. The quantitative estimate of drug-likeness (QED) is 0.494. The molecule has 0 saturated heterocycles. The molecule has 0 aromatic heterocycles. The third kappa shape index (κ3) is 3.34. The summed E-state index contributed by atoms with van der Waals surface area (Å²) in [6, 6.07) is -0.576. The van der Waals surface area contributed by atoms with Crippen molar-refractivity contribution >= 4 is 5.69 Å². The summed E-state index contributed by atoms with van der Waals surface area (Å²) in [4.78, 5) is 0. The van der Waals surface area contributed by atoms with Gasteiger partial charge in [-0.1, -0.05) is 13.8 Å². The van der Waals surface area contributed by atoms with Crippen molar-refractivity contribution in [1.82, 2.24) is 0 Å². The third-order valence-corrected chi connectivity index (χ3v) is 2.60. The summed E-state index contributed by atoms with van der Waals surface area (Å²) < 4.78 is 65.6. The molecule has 1 atom stereocenters. The molecule has 0 saturated carbocycles. The van der Waals surface area contributed by atoms with Gasteiger partial charge in [-0.25, -0.2) is 22.0 Å². The van der Waals surface area contributed by atoms with Crippen LogP contribution >= 0.6 is 0 Å². The molecule has 19 heavy (non-hydrogen) atoms. The highest BCUT2D eigenvalue weighted by atomic mass is 19.2. The van der Waals surface area contributed by atoms with Crippen LogP contribution in [0.15, 0.2) is 0 Å². The third-order valence-electron chi connectivity index (χ3n) is 2.60. The number of hydrogen-bond acceptors (Lipinski definition) is 2. The van der Waals surface area contributed by atoms with Crippen LogP contribution in [0.4, 0.5) is 27.6 Å². The second-order valence-corrected chi connectivity index (χ2v) is 4.65. The van der Waals surface area contributed by atoms with E-state index < -0.39 is 40.8 Å². The van der Waals surface area contributed by atoms with Crippen LogP contribution in [0.1, 0.15) is 20.3 Å². The van der Waals surface area contributed by atoms with Gasteiger partial charge in [0.15, 0.2) is 23.3 Å². The SMILES string of the molecule is CC(C)CC(CN)Nc1c(F)c(F)c(F)c(F)c1F. The molecule has 1 aromatic carbocycles. The average Bonchev–Trinajstić information content (AvgIpc) is 2.37. The van der Waals surface area contributed by atoms with E-state index in [0.29, 0.717) is 6.42 Å². The summed E-state index contributed by atoms with van der Waals surface area (Å²) in [5.74, 6) is -9.71. The van der Waals surface area contributed by atoms with Crippen molar-refractivity contribution in [3.05, 3.63) is 29.1 Å². The molecule has 0 amide bonds. The molecule has 0 aliphatic rings. The maximum atomic E-state index is 13.4. The van der Waals surface area contributed by atoms with Crippen LogP contribution in [0, 0.1) is 35.0 Å². The predicted octanol–water partition coefficient (Wildman–Crippen LogP) is 3.17. The Morgan fingerprint density at radius 2 is 1.32 bits per heavy atom. The van der Waals surface area contributed by atoms with Crippen LogP contribution in [-0.2, 0) is 0 Å². The Morgan fingerprint density at radius 1 is 0.895 bits per heavy atom. The van der Waals surface area contributed by atoms with Gasteiger partial charge in [-0.3, -0.25) is 0 Å². The first-order chi connectivity index (χ1) is 8.79. The fraction of sp³-hybridized carbons (Fsp3) is 0.500. The summed E-state index contributed by atoms with van der Waals surface area (Å²) in [7, 11) is 0.